The second-order valence-electron chi connectivity index (χ2n) is 6.27. The van der Waals surface area contributed by atoms with Crippen molar-refractivity contribution in [2.75, 3.05) is 38.2 Å². The molecule has 1 aliphatic rings. The van der Waals surface area contributed by atoms with Crippen LogP contribution in [-0.2, 0) is 6.54 Å². The van der Waals surface area contributed by atoms with Crippen LogP contribution in [0.15, 0.2) is 52.4 Å². The van der Waals surface area contributed by atoms with Crippen molar-refractivity contribution in [2.24, 2.45) is 0 Å². The number of nitrogens with one attached hydrogen (secondary N) is 1. The zero-order chi connectivity index (χ0) is 17.1. The molecule has 25 heavy (non-hydrogen) atoms. The van der Waals surface area contributed by atoms with Crippen molar-refractivity contribution in [3.8, 4) is 16.4 Å². The largest absolute Gasteiger partial charge is 0.497 e. The summed E-state index contributed by atoms with van der Waals surface area (Å²) in [7, 11) is 1.70. The maximum Gasteiger partial charge on any atom is 0.177 e. The molecule has 6 heteroatoms. The highest BCUT2D eigenvalue weighted by Gasteiger charge is 2.22. The maximum atomic E-state index is 5.49. The van der Waals surface area contributed by atoms with Gasteiger partial charge in [-0.3, -0.25) is 0 Å². The fourth-order valence-corrected chi connectivity index (χ4v) is 3.91. The Balaban J connectivity index is 1.33. The summed E-state index contributed by atoms with van der Waals surface area (Å²) in [6.07, 6.45) is 0. The number of ether oxygens (including phenoxy) is 1. The van der Waals surface area contributed by atoms with Crippen molar-refractivity contribution in [3.63, 3.8) is 0 Å². The lowest BCUT2D eigenvalue weighted by Gasteiger charge is -2.33. The topological polar surface area (TPSA) is 42.9 Å². The summed E-state index contributed by atoms with van der Waals surface area (Å²) in [6, 6.07) is 14.5. The maximum absolute atomic E-state index is 5.49. The molecular formula is C19H22N3O2S+. The third kappa shape index (κ3) is 3.70. The van der Waals surface area contributed by atoms with Crippen LogP contribution in [0.3, 0.4) is 0 Å². The van der Waals surface area contributed by atoms with Crippen LogP contribution in [0, 0.1) is 0 Å². The van der Waals surface area contributed by atoms with Gasteiger partial charge in [0, 0.05) is 11.8 Å². The zero-order valence-corrected chi connectivity index (χ0v) is 15.1. The summed E-state index contributed by atoms with van der Waals surface area (Å²) in [5.74, 6) is 1.78. The molecule has 0 unspecified atom stereocenters. The number of piperazine rings is 1. The molecule has 1 aliphatic heterocycles. The summed E-state index contributed by atoms with van der Waals surface area (Å²) in [5.41, 5.74) is 2.30. The van der Waals surface area contributed by atoms with Gasteiger partial charge in [0.25, 0.3) is 0 Å². The van der Waals surface area contributed by atoms with Crippen LogP contribution in [0.25, 0.3) is 10.6 Å². The minimum absolute atomic E-state index is 0.876. The molecule has 0 saturated carbocycles. The third-order valence-corrected chi connectivity index (χ3v) is 5.55. The van der Waals surface area contributed by atoms with E-state index in [1.165, 1.54) is 5.69 Å². The SMILES string of the molecule is COc1ccc(N2CC[NH+](Cc3cc(-c4cccs4)on3)CC2)cc1. The molecule has 4 rings (SSSR count). The van der Waals surface area contributed by atoms with Crippen molar-refractivity contribution in [2.45, 2.75) is 6.54 Å². The van der Waals surface area contributed by atoms with E-state index in [1.54, 1.807) is 23.3 Å². The van der Waals surface area contributed by atoms with Gasteiger partial charge in [-0.15, -0.1) is 11.3 Å². The van der Waals surface area contributed by atoms with E-state index in [2.05, 4.69) is 39.7 Å². The van der Waals surface area contributed by atoms with Crippen molar-refractivity contribution in [1.82, 2.24) is 5.16 Å². The van der Waals surface area contributed by atoms with E-state index in [4.69, 9.17) is 9.26 Å². The van der Waals surface area contributed by atoms with E-state index < -0.39 is 0 Å². The number of aromatic nitrogens is 1. The third-order valence-electron chi connectivity index (χ3n) is 4.66. The van der Waals surface area contributed by atoms with Crippen LogP contribution < -0.4 is 14.5 Å². The minimum atomic E-state index is 0.876. The van der Waals surface area contributed by atoms with Gasteiger partial charge in [0.15, 0.2) is 5.76 Å². The molecule has 0 bridgehead atoms. The van der Waals surface area contributed by atoms with Crippen LogP contribution in [0.5, 0.6) is 5.75 Å². The van der Waals surface area contributed by atoms with Crippen LogP contribution >= 0.6 is 11.3 Å². The highest BCUT2D eigenvalue weighted by molar-refractivity contribution is 7.13. The van der Waals surface area contributed by atoms with Crippen LogP contribution in [0.4, 0.5) is 5.69 Å². The van der Waals surface area contributed by atoms with Crippen molar-refractivity contribution >= 4 is 17.0 Å². The summed E-state index contributed by atoms with van der Waals surface area (Å²) in [6.45, 7) is 5.24. The highest BCUT2D eigenvalue weighted by Crippen LogP contribution is 2.25. The predicted molar refractivity (Wildman–Crippen MR) is 99.4 cm³/mol. The lowest BCUT2D eigenvalue weighted by molar-refractivity contribution is -0.914. The van der Waals surface area contributed by atoms with E-state index >= 15 is 0 Å². The monoisotopic (exact) mass is 356 g/mol. The van der Waals surface area contributed by atoms with Gasteiger partial charge in [-0.1, -0.05) is 11.2 Å². The van der Waals surface area contributed by atoms with Gasteiger partial charge >= 0.3 is 0 Å². The molecule has 0 aliphatic carbocycles. The Kier molecular flexibility index (Phi) is 4.72. The van der Waals surface area contributed by atoms with Crippen LogP contribution in [0.1, 0.15) is 5.69 Å². The molecule has 3 aromatic rings. The van der Waals surface area contributed by atoms with Gasteiger partial charge in [0.05, 0.1) is 38.2 Å². The number of methoxy groups -OCH3 is 1. The predicted octanol–water partition coefficient (Wildman–Crippen LogP) is 2.32. The average Bonchev–Trinajstić information content (AvgIpc) is 3.34. The van der Waals surface area contributed by atoms with Crippen molar-refractivity contribution in [1.29, 1.82) is 0 Å². The summed E-state index contributed by atoms with van der Waals surface area (Å²) in [5, 5.41) is 6.30. The van der Waals surface area contributed by atoms with Crippen molar-refractivity contribution in [3.05, 3.63) is 53.5 Å². The molecular weight excluding hydrogens is 334 g/mol. The second-order valence-corrected chi connectivity index (χ2v) is 7.22. The molecule has 1 aromatic carbocycles. The number of nitrogens with zero attached hydrogens (tertiary/aromatic N) is 2. The first-order chi connectivity index (χ1) is 12.3. The molecule has 2 aromatic heterocycles. The number of benzene rings is 1. The highest BCUT2D eigenvalue weighted by atomic mass is 32.1. The van der Waals surface area contributed by atoms with Crippen molar-refractivity contribution < 1.29 is 14.2 Å². The Morgan fingerprint density at radius 1 is 1.20 bits per heavy atom. The van der Waals surface area contributed by atoms with E-state index in [0.717, 1.165) is 54.8 Å². The molecule has 130 valence electrons. The van der Waals surface area contributed by atoms with Gasteiger partial charge in [-0.25, -0.2) is 0 Å². The molecule has 0 spiro atoms. The first-order valence-electron chi connectivity index (χ1n) is 8.54. The number of anilines is 1. The van der Waals surface area contributed by atoms with E-state index in [0.29, 0.717) is 0 Å². The Morgan fingerprint density at radius 2 is 2.00 bits per heavy atom. The number of hydrogen-bond donors (Lipinski definition) is 1. The van der Waals surface area contributed by atoms with Crippen LogP contribution in [0.2, 0.25) is 0 Å². The van der Waals surface area contributed by atoms with Crippen LogP contribution in [-0.4, -0.2) is 38.4 Å². The first kappa shape index (κ1) is 16.2. The minimum Gasteiger partial charge on any atom is -0.497 e. The summed E-state index contributed by atoms with van der Waals surface area (Å²) in [4.78, 5) is 5.12. The molecule has 1 saturated heterocycles. The normalized spacial score (nSPS) is 15.5. The zero-order valence-electron chi connectivity index (χ0n) is 14.3. The average molecular weight is 356 g/mol. The van der Waals surface area contributed by atoms with Gasteiger partial charge < -0.3 is 19.1 Å². The van der Waals surface area contributed by atoms with Gasteiger partial charge in [0.2, 0.25) is 0 Å². The fourth-order valence-electron chi connectivity index (χ4n) is 3.24. The Labute approximate surface area is 151 Å². The Morgan fingerprint density at radius 3 is 2.68 bits per heavy atom. The quantitative estimate of drug-likeness (QED) is 0.762. The number of hydrogen-bond acceptors (Lipinski definition) is 5. The standard InChI is InChI=1S/C19H21N3O2S/c1-23-17-6-4-16(5-7-17)22-10-8-21(9-11-22)14-15-13-18(24-20-15)19-3-2-12-25-19/h2-7,12-13H,8-11,14H2,1H3/p+1. The molecule has 0 atom stereocenters. The summed E-state index contributed by atoms with van der Waals surface area (Å²) >= 11 is 1.68. The molecule has 3 heterocycles. The Bertz CT molecular complexity index is 790. The van der Waals surface area contributed by atoms with Gasteiger partial charge in [-0.2, -0.15) is 0 Å². The van der Waals surface area contributed by atoms with E-state index in [9.17, 15) is 0 Å². The number of quaternary nitrogens is 1. The van der Waals surface area contributed by atoms with Gasteiger partial charge in [0.1, 0.15) is 18.0 Å². The molecule has 0 amide bonds. The molecule has 1 N–H and O–H groups in total. The lowest BCUT2D eigenvalue weighted by Crippen LogP contribution is -3.13. The fraction of sp³-hybridized carbons (Fsp3) is 0.316. The van der Waals surface area contributed by atoms with E-state index in [1.807, 2.05) is 18.2 Å². The van der Waals surface area contributed by atoms with Gasteiger partial charge in [-0.05, 0) is 35.7 Å². The Hall–Kier alpha value is -2.31. The molecule has 0 radical (unpaired) electrons. The molecule has 5 nitrogen and oxygen atoms in total. The number of thiophene rings is 1. The first-order valence-corrected chi connectivity index (χ1v) is 9.42. The second kappa shape index (κ2) is 7.29. The van der Waals surface area contributed by atoms with E-state index in [-0.39, 0.29) is 0 Å². The smallest absolute Gasteiger partial charge is 0.177 e. The summed E-state index contributed by atoms with van der Waals surface area (Å²) < 4.78 is 10.7. The molecule has 1 fully saturated rings. The number of rotatable bonds is 5. The lowest BCUT2D eigenvalue weighted by atomic mass is 10.2.